The van der Waals surface area contributed by atoms with E-state index in [0.29, 0.717) is 40.3 Å². The molecule has 3 amide bonds. The second kappa shape index (κ2) is 13.1. The Kier molecular flexibility index (Phi) is 9.02. The van der Waals surface area contributed by atoms with E-state index in [1.807, 2.05) is 12.2 Å². The van der Waals surface area contributed by atoms with Gasteiger partial charge in [0.25, 0.3) is 0 Å². The van der Waals surface area contributed by atoms with Crippen molar-refractivity contribution in [2.24, 2.45) is 23.3 Å². The number of nitrogens with zero attached hydrogens (tertiary/aromatic N) is 4. The van der Waals surface area contributed by atoms with E-state index in [1.54, 1.807) is 15.2 Å². The van der Waals surface area contributed by atoms with Gasteiger partial charge >= 0.3 is 0 Å². The Labute approximate surface area is 258 Å². The van der Waals surface area contributed by atoms with Gasteiger partial charge in [-0.15, -0.1) is 0 Å². The third kappa shape index (κ3) is 6.44. The summed E-state index contributed by atoms with van der Waals surface area (Å²) in [6.07, 6.45) is 10.9. The van der Waals surface area contributed by atoms with Crippen molar-refractivity contribution in [1.29, 1.82) is 0 Å². The van der Waals surface area contributed by atoms with E-state index in [0.717, 1.165) is 38.4 Å². The number of allylic oxidation sites excluding steroid dienone is 2. The maximum Gasteiger partial charge on any atom is 0.248 e. The van der Waals surface area contributed by atoms with Gasteiger partial charge in [-0.2, -0.15) is 0 Å². The van der Waals surface area contributed by atoms with Crippen molar-refractivity contribution < 1.29 is 29.0 Å². The number of aromatic hydroxyl groups is 1. The lowest BCUT2D eigenvalue weighted by Crippen LogP contribution is -2.29. The van der Waals surface area contributed by atoms with E-state index in [2.05, 4.69) is 15.3 Å². The minimum atomic E-state index is -0.703. The lowest BCUT2D eigenvalue weighted by molar-refractivity contribution is -0.122. The number of amides is 3. The summed E-state index contributed by atoms with van der Waals surface area (Å²) in [7, 11) is 1.47. The largest absolute Gasteiger partial charge is 0.506 e. The molecule has 2 aromatic heterocycles. The average Bonchev–Trinajstić information content (AvgIpc) is 3.45. The monoisotopic (exact) mass is 616 g/mol. The number of carbonyl (C=O) groups is 4. The van der Waals surface area contributed by atoms with Gasteiger partial charge in [0.1, 0.15) is 28.8 Å². The normalized spacial score (nSPS) is 14.9. The number of aromatic nitrogens is 4. The van der Waals surface area contributed by atoms with Crippen LogP contribution in [0.5, 0.6) is 11.5 Å². The van der Waals surface area contributed by atoms with Gasteiger partial charge in [-0.3, -0.25) is 19.7 Å². The standard InChI is InChI=1S/C26H28N8O5.C5H8O/c1-39-19-12-15(23(28)37)10-17-21(19)33(25(29)30-17)7-2-3-8-34-20-16(9-14(22(27)36)11-18(20)35)31-26(34)32-24(38)13-5-4-6-13;6-4-5-2-1-3-5/h2-3,9-13,35H,4-8H2,1H3,(H2,27,36)(H2,28,37)(H2,29,30)(H,31,32,38);4-5H,1-3H2/b3-2+;. The number of nitrogens with two attached hydrogens (primary N) is 3. The number of nitrogen functional groups attached to an aromatic ring is 1. The van der Waals surface area contributed by atoms with E-state index in [9.17, 15) is 24.3 Å². The van der Waals surface area contributed by atoms with Gasteiger partial charge in [0.15, 0.2) is 0 Å². The average molecular weight is 617 g/mol. The fraction of sp³-hybridized carbons (Fsp3) is 0.355. The summed E-state index contributed by atoms with van der Waals surface area (Å²) >= 11 is 0. The van der Waals surface area contributed by atoms with E-state index in [4.69, 9.17) is 21.9 Å². The number of phenolic OH excluding ortho intramolecular Hbond substituents is 1. The van der Waals surface area contributed by atoms with Crippen LogP contribution < -0.4 is 27.3 Å². The Morgan fingerprint density at radius 3 is 2.04 bits per heavy atom. The highest BCUT2D eigenvalue weighted by Gasteiger charge is 2.27. The number of imidazole rings is 2. The van der Waals surface area contributed by atoms with Gasteiger partial charge in [-0.25, -0.2) is 9.97 Å². The number of aldehydes is 1. The molecule has 0 radical (unpaired) electrons. The molecule has 2 saturated carbocycles. The van der Waals surface area contributed by atoms with Crippen molar-refractivity contribution in [3.05, 3.63) is 47.5 Å². The molecule has 0 bridgehead atoms. The minimum absolute atomic E-state index is 0.0776. The van der Waals surface area contributed by atoms with Crippen molar-refractivity contribution in [3.8, 4) is 11.5 Å². The third-order valence-corrected chi connectivity index (χ3v) is 8.24. The van der Waals surface area contributed by atoms with Crippen LogP contribution in [0.25, 0.3) is 22.1 Å². The zero-order valence-electron chi connectivity index (χ0n) is 24.9. The number of hydrogen-bond acceptors (Lipinski definition) is 9. The number of phenols is 1. The van der Waals surface area contributed by atoms with Crippen molar-refractivity contribution >= 4 is 58.0 Å². The first-order valence-electron chi connectivity index (χ1n) is 14.7. The third-order valence-electron chi connectivity index (χ3n) is 8.24. The number of hydrogen-bond donors (Lipinski definition) is 5. The summed E-state index contributed by atoms with van der Waals surface area (Å²) in [6, 6.07) is 5.83. The number of fused-ring (bicyclic) bond motifs is 2. The fourth-order valence-electron chi connectivity index (χ4n) is 5.21. The summed E-state index contributed by atoms with van der Waals surface area (Å²) in [5, 5.41) is 13.6. The van der Waals surface area contributed by atoms with Gasteiger partial charge < -0.3 is 41.0 Å². The molecular formula is C31H36N8O6. The first-order chi connectivity index (χ1) is 21.6. The number of anilines is 2. The van der Waals surface area contributed by atoms with E-state index in [1.165, 1.54) is 31.7 Å². The van der Waals surface area contributed by atoms with Crippen LogP contribution in [0.2, 0.25) is 0 Å². The molecule has 45 heavy (non-hydrogen) atoms. The number of carbonyl (C=O) groups excluding carboxylic acids is 4. The Balaban J connectivity index is 0.000000598. The van der Waals surface area contributed by atoms with Crippen LogP contribution in [0.1, 0.15) is 59.2 Å². The molecule has 14 nitrogen and oxygen atoms in total. The zero-order chi connectivity index (χ0) is 32.2. The van der Waals surface area contributed by atoms with Crippen LogP contribution in [0.3, 0.4) is 0 Å². The van der Waals surface area contributed by atoms with Gasteiger partial charge in [-0.05, 0) is 49.9 Å². The van der Waals surface area contributed by atoms with Gasteiger partial charge in [0.05, 0.1) is 18.1 Å². The molecule has 2 aliphatic rings. The Morgan fingerprint density at radius 1 is 0.933 bits per heavy atom. The minimum Gasteiger partial charge on any atom is -0.506 e. The number of primary amides is 2. The maximum absolute atomic E-state index is 12.7. The van der Waals surface area contributed by atoms with Gasteiger partial charge in [0.2, 0.25) is 29.6 Å². The molecule has 6 rings (SSSR count). The molecular weight excluding hydrogens is 580 g/mol. The van der Waals surface area contributed by atoms with E-state index in [-0.39, 0.29) is 47.1 Å². The summed E-state index contributed by atoms with van der Waals surface area (Å²) in [5.74, 6) is -0.425. The summed E-state index contributed by atoms with van der Waals surface area (Å²) in [4.78, 5) is 54.6. The van der Waals surface area contributed by atoms with Crippen molar-refractivity contribution in [1.82, 2.24) is 19.1 Å². The van der Waals surface area contributed by atoms with Crippen LogP contribution in [-0.2, 0) is 22.7 Å². The molecule has 2 aromatic carbocycles. The first-order valence-corrected chi connectivity index (χ1v) is 14.7. The van der Waals surface area contributed by atoms with Gasteiger partial charge in [0, 0.05) is 36.1 Å². The van der Waals surface area contributed by atoms with E-state index < -0.39 is 11.8 Å². The number of ether oxygens (including phenoxy) is 1. The molecule has 0 spiro atoms. The smallest absolute Gasteiger partial charge is 0.248 e. The molecule has 4 aromatic rings. The summed E-state index contributed by atoms with van der Waals surface area (Å²) in [5.41, 5.74) is 19.0. The highest BCUT2D eigenvalue weighted by atomic mass is 16.5. The molecule has 2 heterocycles. The molecule has 8 N–H and O–H groups in total. The predicted octanol–water partition coefficient (Wildman–Crippen LogP) is 2.86. The molecule has 0 unspecified atom stereocenters. The molecule has 0 aliphatic heterocycles. The number of nitrogens with one attached hydrogen (secondary N) is 1. The first kappa shape index (κ1) is 31.0. The lowest BCUT2D eigenvalue weighted by Gasteiger charge is -2.23. The SMILES string of the molecule is COc1cc(C(N)=O)cc2nc(N)n(C/C=C/Cn3c(NC(=O)C4CCC4)nc4cc(C(N)=O)cc(O)c43)c12.O=CC1CCC1. The molecule has 2 aliphatic carbocycles. The van der Waals surface area contributed by atoms with Crippen LogP contribution in [0.4, 0.5) is 11.9 Å². The van der Waals surface area contributed by atoms with Crippen LogP contribution in [0.15, 0.2) is 36.4 Å². The predicted molar refractivity (Wildman–Crippen MR) is 168 cm³/mol. The Morgan fingerprint density at radius 2 is 1.53 bits per heavy atom. The van der Waals surface area contributed by atoms with Crippen LogP contribution in [-0.4, -0.2) is 55.3 Å². The highest BCUT2D eigenvalue weighted by molar-refractivity contribution is 6.00. The number of benzene rings is 2. The Hall–Kier alpha value is -5.40. The van der Waals surface area contributed by atoms with Crippen molar-refractivity contribution in [2.75, 3.05) is 18.2 Å². The molecule has 0 saturated heterocycles. The second-order valence-electron chi connectivity index (χ2n) is 11.2. The highest BCUT2D eigenvalue weighted by Crippen LogP contribution is 2.33. The fourth-order valence-corrected chi connectivity index (χ4v) is 5.21. The maximum atomic E-state index is 12.7. The molecule has 236 valence electrons. The van der Waals surface area contributed by atoms with Crippen molar-refractivity contribution in [3.63, 3.8) is 0 Å². The molecule has 0 atom stereocenters. The van der Waals surface area contributed by atoms with Crippen LogP contribution in [0, 0.1) is 11.8 Å². The summed E-state index contributed by atoms with van der Waals surface area (Å²) < 4.78 is 8.82. The molecule has 2 fully saturated rings. The molecule has 14 heteroatoms. The summed E-state index contributed by atoms with van der Waals surface area (Å²) in [6.45, 7) is 0.540. The van der Waals surface area contributed by atoms with Crippen LogP contribution >= 0.6 is 0 Å². The Bertz CT molecular complexity index is 1820. The van der Waals surface area contributed by atoms with Crippen molar-refractivity contribution in [2.45, 2.75) is 51.6 Å². The quantitative estimate of drug-likeness (QED) is 0.130. The van der Waals surface area contributed by atoms with Gasteiger partial charge in [-0.1, -0.05) is 25.0 Å². The second-order valence-corrected chi connectivity index (χ2v) is 11.2. The lowest BCUT2D eigenvalue weighted by atomic mass is 9.85. The number of methoxy groups -OCH3 is 1. The zero-order valence-corrected chi connectivity index (χ0v) is 24.9. The van der Waals surface area contributed by atoms with E-state index >= 15 is 0 Å². The topological polar surface area (TPSA) is 223 Å². The number of rotatable bonds is 10.